The Labute approximate surface area is 175 Å². The van der Waals surface area contributed by atoms with Crippen LogP contribution in [0.5, 0.6) is 0 Å². The number of nitrogens with zero attached hydrogens (tertiary/aromatic N) is 2. The molecule has 0 fully saturated rings. The van der Waals surface area contributed by atoms with Gasteiger partial charge in [-0.25, -0.2) is 4.98 Å². The first-order valence-corrected chi connectivity index (χ1v) is 9.96. The quantitative estimate of drug-likeness (QED) is 0.536. The topological polar surface area (TPSA) is 64.0 Å². The van der Waals surface area contributed by atoms with Crippen LogP contribution in [0.2, 0.25) is 0 Å². The van der Waals surface area contributed by atoms with Gasteiger partial charge in [0, 0.05) is 12.1 Å². The van der Waals surface area contributed by atoms with Gasteiger partial charge in [0.2, 0.25) is 5.91 Å². The van der Waals surface area contributed by atoms with Crippen molar-refractivity contribution in [3.63, 3.8) is 0 Å². The van der Waals surface area contributed by atoms with Gasteiger partial charge in [-0.3, -0.25) is 14.2 Å². The number of amides is 1. The maximum Gasteiger partial charge on any atom is 0.265 e. The number of fused-ring (bicyclic) bond motifs is 1. The maximum atomic E-state index is 13.0. The molecule has 0 aliphatic heterocycles. The number of carbonyl (C=O) groups excluding carboxylic acids is 1. The van der Waals surface area contributed by atoms with E-state index in [1.807, 2.05) is 80.6 Å². The van der Waals surface area contributed by atoms with Crippen LogP contribution in [0.25, 0.3) is 16.6 Å². The average molecular weight is 397 g/mol. The summed E-state index contributed by atoms with van der Waals surface area (Å²) < 4.78 is 1.61. The molecule has 0 unspecified atom stereocenters. The highest BCUT2D eigenvalue weighted by molar-refractivity contribution is 5.91. The zero-order valence-electron chi connectivity index (χ0n) is 17.1. The molecule has 30 heavy (non-hydrogen) atoms. The highest BCUT2D eigenvalue weighted by atomic mass is 16.1. The van der Waals surface area contributed by atoms with Gasteiger partial charge in [0.25, 0.3) is 5.56 Å². The van der Waals surface area contributed by atoms with Crippen LogP contribution in [0.15, 0.2) is 77.6 Å². The molecule has 0 aliphatic carbocycles. The molecule has 1 aromatic heterocycles. The number of rotatable bonds is 5. The van der Waals surface area contributed by atoms with Gasteiger partial charge in [0.1, 0.15) is 5.82 Å². The number of nitrogens with one attached hydrogen (secondary N) is 1. The van der Waals surface area contributed by atoms with E-state index in [-0.39, 0.29) is 11.5 Å². The largest absolute Gasteiger partial charge is 0.326 e. The first-order chi connectivity index (χ1) is 14.5. The van der Waals surface area contributed by atoms with Crippen molar-refractivity contribution in [3.8, 4) is 5.69 Å². The van der Waals surface area contributed by atoms with Gasteiger partial charge < -0.3 is 5.32 Å². The summed E-state index contributed by atoms with van der Waals surface area (Å²) in [6.45, 7) is 3.74. The molecule has 5 nitrogen and oxygen atoms in total. The summed E-state index contributed by atoms with van der Waals surface area (Å²) in [5.74, 6) is 0.591. The van der Waals surface area contributed by atoms with Crippen molar-refractivity contribution >= 4 is 22.5 Å². The van der Waals surface area contributed by atoms with Crippen molar-refractivity contribution in [2.45, 2.75) is 26.7 Å². The fourth-order valence-corrected chi connectivity index (χ4v) is 3.59. The highest BCUT2D eigenvalue weighted by Gasteiger charge is 2.12. The number of aryl methyl sites for hydroxylation is 3. The second-order valence-corrected chi connectivity index (χ2v) is 7.35. The van der Waals surface area contributed by atoms with Crippen LogP contribution < -0.4 is 10.9 Å². The minimum Gasteiger partial charge on any atom is -0.326 e. The van der Waals surface area contributed by atoms with Gasteiger partial charge in [0.15, 0.2) is 0 Å². The van der Waals surface area contributed by atoms with E-state index in [0.717, 1.165) is 22.5 Å². The summed E-state index contributed by atoms with van der Waals surface area (Å²) in [5, 5.41) is 3.56. The third-order valence-electron chi connectivity index (χ3n) is 5.17. The van der Waals surface area contributed by atoms with E-state index in [2.05, 4.69) is 10.3 Å². The molecule has 3 aromatic carbocycles. The van der Waals surface area contributed by atoms with Crippen molar-refractivity contribution in [2.75, 3.05) is 5.32 Å². The lowest BCUT2D eigenvalue weighted by atomic mass is 10.1. The standard InChI is InChI=1S/C25H23N3O2/c1-17-16-20(28-18(2)26-23-11-7-6-10-21(23)25(28)30)13-14-22(17)27-24(29)15-12-19-8-4-3-5-9-19/h3-11,13-14,16H,12,15H2,1-2H3,(H,27,29). The molecule has 0 bridgehead atoms. The van der Waals surface area contributed by atoms with E-state index in [4.69, 9.17) is 0 Å². The van der Waals surface area contributed by atoms with E-state index in [0.29, 0.717) is 29.6 Å². The number of anilines is 1. The van der Waals surface area contributed by atoms with E-state index in [1.54, 1.807) is 10.6 Å². The number of benzene rings is 3. The first-order valence-electron chi connectivity index (χ1n) is 9.96. The minimum atomic E-state index is -0.0999. The van der Waals surface area contributed by atoms with Crippen LogP contribution in [-0.4, -0.2) is 15.5 Å². The van der Waals surface area contributed by atoms with Crippen LogP contribution in [-0.2, 0) is 11.2 Å². The SMILES string of the molecule is Cc1cc(-n2c(C)nc3ccccc3c2=O)ccc1NC(=O)CCc1ccccc1. The van der Waals surface area contributed by atoms with Crippen molar-refractivity contribution in [1.82, 2.24) is 9.55 Å². The molecule has 5 heteroatoms. The van der Waals surface area contributed by atoms with E-state index in [1.165, 1.54) is 0 Å². The Bertz CT molecular complexity index is 1280. The van der Waals surface area contributed by atoms with Crippen LogP contribution in [0.3, 0.4) is 0 Å². The number of hydrogen-bond donors (Lipinski definition) is 1. The third-order valence-corrected chi connectivity index (χ3v) is 5.17. The molecule has 0 radical (unpaired) electrons. The van der Waals surface area contributed by atoms with Crippen LogP contribution >= 0.6 is 0 Å². The number of para-hydroxylation sites is 1. The molecule has 4 aromatic rings. The van der Waals surface area contributed by atoms with Gasteiger partial charge in [-0.15, -0.1) is 0 Å². The molecule has 0 saturated carbocycles. The molecule has 0 saturated heterocycles. The molecule has 0 aliphatic rings. The Kier molecular flexibility index (Phi) is 5.44. The van der Waals surface area contributed by atoms with Crippen LogP contribution in [0, 0.1) is 13.8 Å². The van der Waals surface area contributed by atoms with Crippen molar-refractivity contribution < 1.29 is 4.79 Å². The number of aromatic nitrogens is 2. The molecule has 1 N–H and O–H groups in total. The summed E-state index contributed by atoms with van der Waals surface area (Å²) in [7, 11) is 0. The Morgan fingerprint density at radius 2 is 1.70 bits per heavy atom. The fourth-order valence-electron chi connectivity index (χ4n) is 3.59. The Balaban J connectivity index is 1.56. The Hall–Kier alpha value is -3.73. The number of hydrogen-bond acceptors (Lipinski definition) is 3. The molecule has 4 rings (SSSR count). The lowest BCUT2D eigenvalue weighted by Crippen LogP contribution is -2.22. The molecule has 150 valence electrons. The highest BCUT2D eigenvalue weighted by Crippen LogP contribution is 2.20. The van der Waals surface area contributed by atoms with Crippen molar-refractivity contribution in [1.29, 1.82) is 0 Å². The molecular weight excluding hydrogens is 374 g/mol. The van der Waals surface area contributed by atoms with Crippen LogP contribution in [0.4, 0.5) is 5.69 Å². The van der Waals surface area contributed by atoms with Gasteiger partial charge >= 0.3 is 0 Å². The molecule has 0 spiro atoms. The van der Waals surface area contributed by atoms with E-state index in [9.17, 15) is 9.59 Å². The summed E-state index contributed by atoms with van der Waals surface area (Å²) in [4.78, 5) is 29.9. The Morgan fingerprint density at radius 3 is 2.47 bits per heavy atom. The van der Waals surface area contributed by atoms with Gasteiger partial charge in [0.05, 0.1) is 16.6 Å². The minimum absolute atomic E-state index is 0.0320. The normalized spacial score (nSPS) is 10.9. The van der Waals surface area contributed by atoms with Gasteiger partial charge in [-0.1, -0.05) is 42.5 Å². The monoisotopic (exact) mass is 397 g/mol. The summed E-state index contributed by atoms with van der Waals surface area (Å²) in [6, 6.07) is 22.9. The summed E-state index contributed by atoms with van der Waals surface area (Å²) in [6.07, 6.45) is 1.11. The first kappa shape index (κ1) is 19.6. The zero-order chi connectivity index (χ0) is 21.1. The second-order valence-electron chi connectivity index (χ2n) is 7.35. The van der Waals surface area contributed by atoms with Crippen LogP contribution in [0.1, 0.15) is 23.4 Å². The van der Waals surface area contributed by atoms with Crippen molar-refractivity contribution in [2.24, 2.45) is 0 Å². The molecule has 1 amide bonds. The Morgan fingerprint density at radius 1 is 0.967 bits per heavy atom. The number of carbonyl (C=O) groups is 1. The third kappa shape index (κ3) is 4.01. The van der Waals surface area contributed by atoms with Crippen molar-refractivity contribution in [3.05, 3.63) is 100 Å². The summed E-state index contributed by atoms with van der Waals surface area (Å²) in [5.41, 5.74) is 4.10. The predicted molar refractivity (Wildman–Crippen MR) is 120 cm³/mol. The van der Waals surface area contributed by atoms with E-state index < -0.39 is 0 Å². The molecular formula is C25H23N3O2. The second kappa shape index (κ2) is 8.33. The molecule has 0 atom stereocenters. The smallest absolute Gasteiger partial charge is 0.265 e. The zero-order valence-corrected chi connectivity index (χ0v) is 17.1. The fraction of sp³-hybridized carbons (Fsp3) is 0.160. The average Bonchev–Trinajstić information content (AvgIpc) is 2.75. The lowest BCUT2D eigenvalue weighted by molar-refractivity contribution is -0.116. The van der Waals surface area contributed by atoms with E-state index >= 15 is 0 Å². The molecule has 1 heterocycles. The maximum absolute atomic E-state index is 13.0. The summed E-state index contributed by atoms with van der Waals surface area (Å²) >= 11 is 0. The predicted octanol–water partition coefficient (Wildman–Crippen LogP) is 4.57. The van der Waals surface area contributed by atoms with Gasteiger partial charge in [-0.2, -0.15) is 0 Å². The lowest BCUT2D eigenvalue weighted by Gasteiger charge is -2.14. The van der Waals surface area contributed by atoms with Gasteiger partial charge in [-0.05, 0) is 61.7 Å².